The lowest BCUT2D eigenvalue weighted by molar-refractivity contribution is 0.626. The van der Waals surface area contributed by atoms with E-state index in [1.807, 2.05) is 6.07 Å². The molecule has 106 valence electrons. The van der Waals surface area contributed by atoms with E-state index in [1.165, 1.54) is 30.0 Å². The van der Waals surface area contributed by atoms with E-state index >= 15 is 0 Å². The molecule has 0 bridgehead atoms. The minimum absolute atomic E-state index is 0.107. The molecule has 0 aliphatic heterocycles. The number of aryl methyl sites for hydroxylation is 1. The maximum Gasteiger partial charge on any atom is 0.124 e. The van der Waals surface area contributed by atoms with Crippen LogP contribution in [0.1, 0.15) is 41.3 Å². The molecule has 0 heterocycles. The molecule has 0 radical (unpaired) electrons. The van der Waals surface area contributed by atoms with Gasteiger partial charge in [0.15, 0.2) is 0 Å². The summed E-state index contributed by atoms with van der Waals surface area (Å²) < 4.78 is 14.1. The monoisotopic (exact) mass is 446 g/mol. The Morgan fingerprint density at radius 1 is 1.15 bits per heavy atom. The summed E-state index contributed by atoms with van der Waals surface area (Å²) >= 11 is 5.90. The van der Waals surface area contributed by atoms with Crippen molar-refractivity contribution in [3.63, 3.8) is 0 Å². The highest BCUT2D eigenvalue weighted by Gasteiger charge is 2.13. The van der Waals surface area contributed by atoms with E-state index in [4.69, 9.17) is 0 Å². The molecule has 0 spiro atoms. The molecule has 0 aliphatic carbocycles. The molecule has 0 aliphatic rings. The van der Waals surface area contributed by atoms with E-state index in [0.29, 0.717) is 0 Å². The van der Waals surface area contributed by atoms with Gasteiger partial charge in [-0.25, -0.2) is 4.39 Å². The van der Waals surface area contributed by atoms with Gasteiger partial charge in [-0.2, -0.15) is 0 Å². The fourth-order valence-electron chi connectivity index (χ4n) is 2.12. The summed E-state index contributed by atoms with van der Waals surface area (Å²) in [7, 11) is 0. The van der Waals surface area contributed by atoms with Crippen molar-refractivity contribution in [2.45, 2.75) is 31.0 Å². The van der Waals surface area contributed by atoms with Crippen LogP contribution in [-0.2, 0) is 6.42 Å². The predicted octanol–water partition coefficient (Wildman–Crippen LogP) is 6.26. The van der Waals surface area contributed by atoms with Crippen LogP contribution in [0.15, 0.2) is 42.5 Å². The first kappa shape index (κ1) is 16.0. The minimum Gasteiger partial charge on any atom is -0.207 e. The highest BCUT2D eigenvalue weighted by Crippen LogP contribution is 2.34. The SMILES string of the molecule is CCCCc1ccc(C(Br)c2ccc(F)cc2I)cc1. The van der Waals surface area contributed by atoms with Gasteiger partial charge in [-0.05, 0) is 64.3 Å². The number of hydrogen-bond acceptors (Lipinski definition) is 0. The van der Waals surface area contributed by atoms with Gasteiger partial charge in [0.1, 0.15) is 5.82 Å². The van der Waals surface area contributed by atoms with Crippen molar-refractivity contribution in [2.24, 2.45) is 0 Å². The van der Waals surface area contributed by atoms with Gasteiger partial charge >= 0.3 is 0 Å². The third kappa shape index (κ3) is 4.04. The van der Waals surface area contributed by atoms with Gasteiger partial charge in [0.05, 0.1) is 4.83 Å². The van der Waals surface area contributed by atoms with E-state index in [-0.39, 0.29) is 10.6 Å². The largest absolute Gasteiger partial charge is 0.207 e. The lowest BCUT2D eigenvalue weighted by atomic mass is 10.0. The third-order valence-corrected chi connectivity index (χ3v) is 5.28. The van der Waals surface area contributed by atoms with Crippen molar-refractivity contribution in [1.29, 1.82) is 0 Å². The van der Waals surface area contributed by atoms with Gasteiger partial charge in [-0.1, -0.05) is 59.6 Å². The Hall–Kier alpha value is -0.420. The van der Waals surface area contributed by atoms with Crippen molar-refractivity contribution in [3.05, 3.63) is 68.5 Å². The predicted molar refractivity (Wildman–Crippen MR) is 94.9 cm³/mol. The van der Waals surface area contributed by atoms with Gasteiger partial charge in [0.25, 0.3) is 0 Å². The number of rotatable bonds is 5. The minimum atomic E-state index is -0.187. The molecule has 1 unspecified atom stereocenters. The quantitative estimate of drug-likeness (QED) is 0.375. The summed E-state index contributed by atoms with van der Waals surface area (Å²) in [5, 5.41) is 0. The lowest BCUT2D eigenvalue weighted by Crippen LogP contribution is -1.97. The Kier molecular flexibility index (Phi) is 6.02. The van der Waals surface area contributed by atoms with Crippen LogP contribution in [0.3, 0.4) is 0 Å². The maximum atomic E-state index is 13.2. The van der Waals surface area contributed by atoms with Crippen molar-refractivity contribution in [1.82, 2.24) is 0 Å². The highest BCUT2D eigenvalue weighted by molar-refractivity contribution is 14.1. The van der Waals surface area contributed by atoms with Crippen LogP contribution >= 0.6 is 38.5 Å². The van der Waals surface area contributed by atoms with Crippen LogP contribution in [0, 0.1) is 9.39 Å². The number of alkyl halides is 1. The van der Waals surface area contributed by atoms with Gasteiger partial charge in [-0.3, -0.25) is 0 Å². The summed E-state index contributed by atoms with van der Waals surface area (Å²) in [4.78, 5) is 0.107. The standard InChI is InChI=1S/C17H17BrFI/c1-2-3-4-12-5-7-13(8-6-12)17(18)15-10-9-14(19)11-16(15)20/h5-11,17H,2-4H2,1H3. The Morgan fingerprint density at radius 3 is 2.45 bits per heavy atom. The molecule has 0 N–H and O–H groups in total. The molecular weight excluding hydrogens is 430 g/mol. The van der Waals surface area contributed by atoms with Crippen LogP contribution in [0.4, 0.5) is 4.39 Å². The molecule has 0 nitrogen and oxygen atoms in total. The van der Waals surface area contributed by atoms with Crippen LogP contribution in [0.2, 0.25) is 0 Å². The second-order valence-corrected chi connectivity index (χ2v) is 6.95. The summed E-state index contributed by atoms with van der Waals surface area (Å²) in [5.41, 5.74) is 3.69. The average molecular weight is 447 g/mol. The zero-order valence-electron chi connectivity index (χ0n) is 11.4. The normalized spacial score (nSPS) is 12.4. The van der Waals surface area contributed by atoms with Gasteiger partial charge in [0, 0.05) is 3.57 Å². The fraction of sp³-hybridized carbons (Fsp3) is 0.294. The molecule has 3 heteroatoms. The van der Waals surface area contributed by atoms with Crippen molar-refractivity contribution in [3.8, 4) is 0 Å². The van der Waals surface area contributed by atoms with Crippen LogP contribution < -0.4 is 0 Å². The second-order valence-electron chi connectivity index (χ2n) is 4.87. The van der Waals surface area contributed by atoms with Gasteiger partial charge in [0.2, 0.25) is 0 Å². The molecule has 0 amide bonds. The van der Waals surface area contributed by atoms with E-state index in [0.717, 1.165) is 15.6 Å². The molecule has 20 heavy (non-hydrogen) atoms. The Morgan fingerprint density at radius 2 is 1.85 bits per heavy atom. The molecule has 2 aromatic rings. The molecule has 0 aromatic heterocycles. The summed E-state index contributed by atoms with van der Waals surface area (Å²) in [6.45, 7) is 2.21. The Balaban J connectivity index is 2.18. The topological polar surface area (TPSA) is 0 Å². The first-order chi connectivity index (χ1) is 9.61. The highest BCUT2D eigenvalue weighted by atomic mass is 127. The van der Waals surface area contributed by atoms with Gasteiger partial charge in [-0.15, -0.1) is 0 Å². The molecule has 0 saturated heterocycles. The van der Waals surface area contributed by atoms with Crippen LogP contribution in [0.5, 0.6) is 0 Å². The maximum absolute atomic E-state index is 13.2. The smallest absolute Gasteiger partial charge is 0.124 e. The average Bonchev–Trinajstić information content (AvgIpc) is 2.45. The van der Waals surface area contributed by atoms with Crippen molar-refractivity contribution >= 4 is 38.5 Å². The number of halogens is 3. The number of hydrogen-bond donors (Lipinski definition) is 0. The summed E-state index contributed by atoms with van der Waals surface area (Å²) in [6, 6.07) is 13.6. The number of unbranched alkanes of at least 4 members (excludes halogenated alkanes) is 1. The van der Waals surface area contributed by atoms with Gasteiger partial charge < -0.3 is 0 Å². The Bertz CT molecular complexity index is 566. The lowest BCUT2D eigenvalue weighted by Gasteiger charge is -2.13. The van der Waals surface area contributed by atoms with Crippen molar-refractivity contribution in [2.75, 3.05) is 0 Å². The van der Waals surface area contributed by atoms with Crippen LogP contribution in [-0.4, -0.2) is 0 Å². The molecule has 2 aromatic carbocycles. The molecule has 1 atom stereocenters. The summed E-state index contributed by atoms with van der Waals surface area (Å²) in [6.07, 6.45) is 3.58. The zero-order chi connectivity index (χ0) is 14.5. The van der Waals surface area contributed by atoms with E-state index in [2.05, 4.69) is 69.7 Å². The Labute approximate surface area is 142 Å². The first-order valence-corrected chi connectivity index (χ1v) is 8.79. The molecule has 2 rings (SSSR count). The first-order valence-electron chi connectivity index (χ1n) is 6.79. The third-order valence-electron chi connectivity index (χ3n) is 3.33. The molecule has 0 saturated carbocycles. The van der Waals surface area contributed by atoms with Crippen molar-refractivity contribution < 1.29 is 4.39 Å². The van der Waals surface area contributed by atoms with E-state index < -0.39 is 0 Å². The second kappa shape index (κ2) is 7.55. The van der Waals surface area contributed by atoms with E-state index in [9.17, 15) is 4.39 Å². The zero-order valence-corrected chi connectivity index (χ0v) is 15.1. The number of benzene rings is 2. The van der Waals surface area contributed by atoms with Crippen LogP contribution in [0.25, 0.3) is 0 Å². The molecular formula is C17H17BrFI. The fourth-order valence-corrected chi connectivity index (χ4v) is 4.04. The van der Waals surface area contributed by atoms with E-state index in [1.54, 1.807) is 6.07 Å². The summed E-state index contributed by atoms with van der Waals surface area (Å²) in [5.74, 6) is -0.187. The molecule has 0 fully saturated rings.